The molecule has 1 aromatic heterocycles. The topological polar surface area (TPSA) is 106 Å². The van der Waals surface area contributed by atoms with Crippen molar-refractivity contribution in [1.29, 1.82) is 0 Å². The van der Waals surface area contributed by atoms with Gasteiger partial charge in [-0.3, -0.25) is 9.59 Å². The predicted octanol–water partition coefficient (Wildman–Crippen LogP) is 2.71. The lowest BCUT2D eigenvalue weighted by Gasteiger charge is -2.27. The van der Waals surface area contributed by atoms with Gasteiger partial charge >= 0.3 is 11.6 Å². The highest BCUT2D eigenvalue weighted by atomic mass is 16.5. The van der Waals surface area contributed by atoms with E-state index in [2.05, 4.69) is 5.32 Å². The van der Waals surface area contributed by atoms with Gasteiger partial charge in [0, 0.05) is 17.8 Å². The van der Waals surface area contributed by atoms with E-state index < -0.39 is 30.2 Å². The van der Waals surface area contributed by atoms with Crippen LogP contribution >= 0.6 is 0 Å². The Morgan fingerprint density at radius 2 is 1.87 bits per heavy atom. The molecule has 8 heteroatoms. The Kier molecular flexibility index (Phi) is 5.05. The van der Waals surface area contributed by atoms with E-state index in [0.29, 0.717) is 22.3 Å². The molecule has 0 saturated carbocycles. The summed E-state index contributed by atoms with van der Waals surface area (Å²) >= 11 is 0. The molecule has 152 valence electrons. The van der Waals surface area contributed by atoms with E-state index >= 15 is 0 Å². The van der Waals surface area contributed by atoms with E-state index in [1.807, 2.05) is 0 Å². The number of para-hydroxylation sites is 3. The van der Waals surface area contributed by atoms with Crippen molar-refractivity contribution in [2.75, 3.05) is 16.8 Å². The van der Waals surface area contributed by atoms with Crippen LogP contribution < -0.4 is 15.8 Å². The summed E-state index contributed by atoms with van der Waals surface area (Å²) < 4.78 is 10.2. The molecule has 0 fully saturated rings. The van der Waals surface area contributed by atoms with Crippen LogP contribution in [0.15, 0.2) is 63.8 Å². The van der Waals surface area contributed by atoms with E-state index in [4.69, 9.17) is 9.15 Å². The highest BCUT2D eigenvalue weighted by molar-refractivity contribution is 6.05. The SMILES string of the molecule is C[C@H]1CC(=O)Nc2ccccc2N1C(=O)COC(=O)c1cc2ccccc2oc1=O. The average molecular weight is 406 g/mol. The van der Waals surface area contributed by atoms with Crippen molar-refractivity contribution in [2.24, 2.45) is 0 Å². The minimum atomic E-state index is -0.951. The maximum atomic E-state index is 12.9. The molecule has 0 aliphatic carbocycles. The largest absolute Gasteiger partial charge is 0.452 e. The number of amides is 2. The Labute approximate surface area is 171 Å². The fraction of sp³-hybridized carbons (Fsp3) is 0.182. The van der Waals surface area contributed by atoms with Gasteiger partial charge in [0.1, 0.15) is 11.1 Å². The molecular formula is C22H18N2O6. The lowest BCUT2D eigenvalue weighted by molar-refractivity contribution is -0.122. The van der Waals surface area contributed by atoms with Crippen molar-refractivity contribution in [3.8, 4) is 0 Å². The number of carbonyl (C=O) groups is 3. The van der Waals surface area contributed by atoms with Gasteiger partial charge in [-0.15, -0.1) is 0 Å². The first-order valence-electron chi connectivity index (χ1n) is 9.35. The monoisotopic (exact) mass is 406 g/mol. The molecule has 0 saturated heterocycles. The van der Waals surface area contributed by atoms with Crippen LogP contribution in [0, 0.1) is 0 Å². The number of benzene rings is 2. The molecule has 8 nitrogen and oxygen atoms in total. The number of esters is 1. The number of nitrogens with one attached hydrogen (secondary N) is 1. The molecule has 1 N–H and O–H groups in total. The van der Waals surface area contributed by atoms with Crippen molar-refractivity contribution in [1.82, 2.24) is 0 Å². The van der Waals surface area contributed by atoms with Crippen LogP contribution in [-0.2, 0) is 14.3 Å². The van der Waals surface area contributed by atoms with Crippen LogP contribution in [0.4, 0.5) is 11.4 Å². The van der Waals surface area contributed by atoms with E-state index in [1.165, 1.54) is 11.0 Å². The molecule has 0 spiro atoms. The Hall–Kier alpha value is -3.94. The van der Waals surface area contributed by atoms with Gasteiger partial charge in [-0.05, 0) is 31.2 Å². The second kappa shape index (κ2) is 7.82. The zero-order valence-electron chi connectivity index (χ0n) is 16.1. The Morgan fingerprint density at radius 1 is 1.13 bits per heavy atom. The van der Waals surface area contributed by atoms with Crippen LogP contribution in [0.2, 0.25) is 0 Å². The standard InChI is InChI=1S/C22H18N2O6/c1-13-10-19(25)23-16-7-3-4-8-17(16)24(13)20(26)12-29-21(27)15-11-14-6-2-5-9-18(14)30-22(15)28/h2-9,11,13H,10,12H2,1H3,(H,23,25)/t13-/m0/s1. The summed E-state index contributed by atoms with van der Waals surface area (Å²) in [6.45, 7) is 1.15. The van der Waals surface area contributed by atoms with E-state index in [9.17, 15) is 19.2 Å². The van der Waals surface area contributed by atoms with Gasteiger partial charge in [-0.25, -0.2) is 9.59 Å². The first kappa shape index (κ1) is 19.4. The molecule has 4 rings (SSSR count). The number of fused-ring (bicyclic) bond motifs is 2. The van der Waals surface area contributed by atoms with Crippen molar-refractivity contribution in [3.05, 3.63) is 70.6 Å². The normalized spacial score (nSPS) is 15.8. The maximum absolute atomic E-state index is 12.9. The highest BCUT2D eigenvalue weighted by Crippen LogP contribution is 2.31. The summed E-state index contributed by atoms with van der Waals surface area (Å²) in [6, 6.07) is 14.6. The van der Waals surface area contributed by atoms with Crippen molar-refractivity contribution < 1.29 is 23.5 Å². The van der Waals surface area contributed by atoms with Crippen LogP contribution in [0.1, 0.15) is 23.7 Å². The third-order valence-electron chi connectivity index (χ3n) is 4.82. The molecule has 3 aromatic rings. The molecule has 0 bridgehead atoms. The number of anilines is 2. The third kappa shape index (κ3) is 3.67. The summed E-state index contributed by atoms with van der Waals surface area (Å²) in [5, 5.41) is 3.32. The molecule has 1 aliphatic heterocycles. The van der Waals surface area contributed by atoms with Gasteiger partial charge in [-0.1, -0.05) is 30.3 Å². The van der Waals surface area contributed by atoms with E-state index in [0.717, 1.165) is 0 Å². The first-order chi connectivity index (χ1) is 14.4. The van der Waals surface area contributed by atoms with Gasteiger partial charge < -0.3 is 19.4 Å². The number of carbonyl (C=O) groups excluding carboxylic acids is 3. The zero-order chi connectivity index (χ0) is 21.3. The summed E-state index contributed by atoms with van der Waals surface area (Å²) in [5.74, 6) is -1.67. The van der Waals surface area contributed by atoms with Gasteiger partial charge in [-0.2, -0.15) is 0 Å². The lowest BCUT2D eigenvalue weighted by Crippen LogP contribution is -2.41. The summed E-state index contributed by atoms with van der Waals surface area (Å²) in [6.07, 6.45) is 0.0998. The van der Waals surface area contributed by atoms with Gasteiger partial charge in [0.25, 0.3) is 5.91 Å². The van der Waals surface area contributed by atoms with Crippen LogP contribution in [0.3, 0.4) is 0 Å². The number of ether oxygens (including phenoxy) is 1. The summed E-state index contributed by atoms with van der Waals surface area (Å²) in [7, 11) is 0. The molecule has 2 heterocycles. The lowest BCUT2D eigenvalue weighted by atomic mass is 10.1. The second-order valence-corrected chi connectivity index (χ2v) is 6.94. The quantitative estimate of drug-likeness (QED) is 0.530. The molecular weight excluding hydrogens is 388 g/mol. The fourth-order valence-corrected chi connectivity index (χ4v) is 3.45. The Bertz CT molecular complexity index is 1220. The molecule has 1 atom stereocenters. The molecule has 0 unspecified atom stereocenters. The number of rotatable bonds is 3. The Balaban J connectivity index is 1.55. The molecule has 30 heavy (non-hydrogen) atoms. The maximum Gasteiger partial charge on any atom is 0.351 e. The van der Waals surface area contributed by atoms with Gasteiger partial charge in [0.2, 0.25) is 5.91 Å². The molecule has 1 aliphatic rings. The summed E-state index contributed by atoms with van der Waals surface area (Å²) in [4.78, 5) is 50.9. The first-order valence-corrected chi connectivity index (χ1v) is 9.35. The van der Waals surface area contributed by atoms with Gasteiger partial charge in [0.05, 0.1) is 11.4 Å². The van der Waals surface area contributed by atoms with Crippen LogP contribution in [-0.4, -0.2) is 30.4 Å². The molecule has 2 aromatic carbocycles. The van der Waals surface area contributed by atoms with Crippen LogP contribution in [0.5, 0.6) is 0 Å². The highest BCUT2D eigenvalue weighted by Gasteiger charge is 2.30. The fourth-order valence-electron chi connectivity index (χ4n) is 3.45. The van der Waals surface area contributed by atoms with E-state index in [1.54, 1.807) is 55.5 Å². The van der Waals surface area contributed by atoms with Crippen molar-refractivity contribution in [3.63, 3.8) is 0 Å². The minimum Gasteiger partial charge on any atom is -0.452 e. The molecule has 2 amide bonds. The van der Waals surface area contributed by atoms with Gasteiger partial charge in [0.15, 0.2) is 6.61 Å². The summed E-state index contributed by atoms with van der Waals surface area (Å²) in [5.41, 5.74) is 0.239. The Morgan fingerprint density at radius 3 is 2.70 bits per heavy atom. The average Bonchev–Trinajstić information content (AvgIpc) is 2.85. The van der Waals surface area contributed by atoms with E-state index in [-0.39, 0.29) is 17.9 Å². The van der Waals surface area contributed by atoms with Crippen LogP contribution in [0.25, 0.3) is 11.0 Å². The number of hydrogen-bond acceptors (Lipinski definition) is 6. The number of hydrogen-bond donors (Lipinski definition) is 1. The molecule has 0 radical (unpaired) electrons. The third-order valence-corrected chi connectivity index (χ3v) is 4.82. The van der Waals surface area contributed by atoms with Crippen molar-refractivity contribution >= 4 is 40.1 Å². The predicted molar refractivity (Wildman–Crippen MR) is 109 cm³/mol. The second-order valence-electron chi connectivity index (χ2n) is 6.94. The zero-order valence-corrected chi connectivity index (χ0v) is 16.1. The minimum absolute atomic E-state index is 0.0998. The smallest absolute Gasteiger partial charge is 0.351 e. The number of nitrogens with zero attached hydrogens (tertiary/aromatic N) is 1. The van der Waals surface area contributed by atoms with Crippen molar-refractivity contribution in [2.45, 2.75) is 19.4 Å².